The van der Waals surface area contributed by atoms with Gasteiger partial charge in [0.05, 0.1) is 11.5 Å². The molecule has 0 aromatic carbocycles. The van der Waals surface area contributed by atoms with E-state index in [0.29, 0.717) is 18.7 Å². The molecule has 0 aliphatic carbocycles. The summed E-state index contributed by atoms with van der Waals surface area (Å²) in [5.41, 5.74) is 0.850. The van der Waals surface area contributed by atoms with Crippen molar-refractivity contribution in [3.05, 3.63) is 30.1 Å². The number of hydrogen-bond donors (Lipinski definition) is 1. The average molecular weight is 240 g/mol. The molecular formula is C11H16N2O2S. The molecule has 4 nitrogen and oxygen atoms in total. The van der Waals surface area contributed by atoms with Crippen LogP contribution in [0, 0.1) is 0 Å². The monoisotopic (exact) mass is 240 g/mol. The van der Waals surface area contributed by atoms with Crippen LogP contribution in [0.4, 0.5) is 0 Å². The third-order valence-corrected chi connectivity index (χ3v) is 4.88. The van der Waals surface area contributed by atoms with Crippen molar-refractivity contribution in [2.45, 2.75) is 25.4 Å². The molecule has 2 rings (SSSR count). The fourth-order valence-electron chi connectivity index (χ4n) is 1.97. The number of aromatic nitrogens is 1. The minimum Gasteiger partial charge on any atom is -0.306 e. The molecule has 1 saturated heterocycles. The van der Waals surface area contributed by atoms with Crippen molar-refractivity contribution in [1.82, 2.24) is 10.3 Å². The predicted octanol–water partition coefficient (Wildman–Crippen LogP) is 0.748. The molecule has 0 bridgehead atoms. The zero-order chi connectivity index (χ0) is 11.6. The van der Waals surface area contributed by atoms with Crippen LogP contribution in [0.15, 0.2) is 24.5 Å². The number of nitrogens with one attached hydrogen (secondary N) is 1. The molecule has 5 heteroatoms. The Morgan fingerprint density at radius 1 is 1.44 bits per heavy atom. The quantitative estimate of drug-likeness (QED) is 0.847. The third-order valence-electron chi connectivity index (χ3n) is 2.97. The molecule has 88 valence electrons. The van der Waals surface area contributed by atoms with Crippen LogP contribution in [0.5, 0.6) is 0 Å². The minimum atomic E-state index is -2.83. The van der Waals surface area contributed by atoms with Crippen molar-refractivity contribution in [3.8, 4) is 0 Å². The maximum atomic E-state index is 11.4. The van der Waals surface area contributed by atoms with Crippen LogP contribution < -0.4 is 5.32 Å². The van der Waals surface area contributed by atoms with Gasteiger partial charge in [-0.2, -0.15) is 0 Å². The zero-order valence-corrected chi connectivity index (χ0v) is 10.1. The lowest BCUT2D eigenvalue weighted by atomic mass is 10.0. The molecule has 0 amide bonds. The van der Waals surface area contributed by atoms with Crippen molar-refractivity contribution in [3.63, 3.8) is 0 Å². The first-order valence-corrected chi connectivity index (χ1v) is 7.16. The summed E-state index contributed by atoms with van der Waals surface area (Å²) in [5, 5.41) is 3.32. The topological polar surface area (TPSA) is 59.1 Å². The van der Waals surface area contributed by atoms with E-state index in [9.17, 15) is 8.42 Å². The van der Waals surface area contributed by atoms with Crippen molar-refractivity contribution >= 4 is 9.84 Å². The number of pyridine rings is 1. The van der Waals surface area contributed by atoms with Gasteiger partial charge in [-0.05, 0) is 31.0 Å². The molecule has 1 N–H and O–H groups in total. The fraction of sp³-hybridized carbons (Fsp3) is 0.545. The second-order valence-electron chi connectivity index (χ2n) is 4.61. The van der Waals surface area contributed by atoms with Crippen LogP contribution >= 0.6 is 0 Å². The molecule has 1 aromatic rings. The molecule has 0 saturated carbocycles. The van der Waals surface area contributed by atoms with Crippen LogP contribution in [0.2, 0.25) is 0 Å². The number of rotatable bonds is 3. The van der Waals surface area contributed by atoms with Crippen LogP contribution in [0.1, 0.15) is 18.9 Å². The van der Waals surface area contributed by atoms with Gasteiger partial charge >= 0.3 is 0 Å². The molecular weight excluding hydrogens is 224 g/mol. The Labute approximate surface area is 96.0 Å². The van der Waals surface area contributed by atoms with Gasteiger partial charge in [-0.15, -0.1) is 0 Å². The summed E-state index contributed by atoms with van der Waals surface area (Å²) in [7, 11) is -2.83. The average Bonchev–Trinajstić information content (AvgIpc) is 2.53. The maximum Gasteiger partial charge on any atom is 0.152 e. The van der Waals surface area contributed by atoms with Gasteiger partial charge in [0.25, 0.3) is 0 Å². The largest absolute Gasteiger partial charge is 0.306 e. The molecule has 1 aliphatic rings. The Morgan fingerprint density at radius 3 is 2.69 bits per heavy atom. The first-order chi connectivity index (χ1) is 7.49. The molecule has 0 spiro atoms. The van der Waals surface area contributed by atoms with Gasteiger partial charge < -0.3 is 5.32 Å². The first-order valence-electron chi connectivity index (χ1n) is 5.34. The lowest BCUT2D eigenvalue weighted by Gasteiger charge is -2.23. The second-order valence-corrected chi connectivity index (χ2v) is 6.80. The lowest BCUT2D eigenvalue weighted by Crippen LogP contribution is -2.42. The summed E-state index contributed by atoms with van der Waals surface area (Å²) in [6.45, 7) is 2.66. The van der Waals surface area contributed by atoms with Crippen LogP contribution in [-0.4, -0.2) is 30.4 Å². The molecule has 1 aromatic heterocycles. The van der Waals surface area contributed by atoms with Gasteiger partial charge in [-0.3, -0.25) is 4.98 Å². The van der Waals surface area contributed by atoms with E-state index in [1.165, 1.54) is 0 Å². The Balaban J connectivity index is 1.96. The molecule has 0 radical (unpaired) electrons. The summed E-state index contributed by atoms with van der Waals surface area (Å²) in [4.78, 5) is 3.94. The molecule has 1 atom stereocenters. The third kappa shape index (κ3) is 2.80. The van der Waals surface area contributed by atoms with Gasteiger partial charge in [-0.1, -0.05) is 0 Å². The maximum absolute atomic E-state index is 11.4. The minimum absolute atomic E-state index is 0.241. The number of sulfone groups is 1. The van der Waals surface area contributed by atoms with Crippen molar-refractivity contribution < 1.29 is 8.42 Å². The van der Waals surface area contributed by atoms with Crippen LogP contribution in [0.3, 0.4) is 0 Å². The summed E-state index contributed by atoms with van der Waals surface area (Å²) in [6, 6.07) is 3.86. The summed E-state index contributed by atoms with van der Waals surface area (Å²) < 4.78 is 22.8. The van der Waals surface area contributed by atoms with Crippen molar-refractivity contribution in [2.24, 2.45) is 0 Å². The lowest BCUT2D eigenvalue weighted by molar-refractivity contribution is 0.395. The molecule has 1 aliphatic heterocycles. The van der Waals surface area contributed by atoms with E-state index >= 15 is 0 Å². The predicted molar refractivity (Wildman–Crippen MR) is 62.8 cm³/mol. The number of hydrogen-bond acceptors (Lipinski definition) is 4. The van der Waals surface area contributed by atoms with Crippen LogP contribution in [0.25, 0.3) is 0 Å². The molecule has 1 fully saturated rings. The van der Waals surface area contributed by atoms with E-state index in [4.69, 9.17) is 0 Å². The van der Waals surface area contributed by atoms with E-state index < -0.39 is 9.84 Å². The highest BCUT2D eigenvalue weighted by atomic mass is 32.2. The van der Waals surface area contributed by atoms with Crippen molar-refractivity contribution in [2.75, 3.05) is 11.5 Å². The summed E-state index contributed by atoms with van der Waals surface area (Å²) in [5.74, 6) is 0.540. The van der Waals surface area contributed by atoms with Gasteiger partial charge in [0.2, 0.25) is 0 Å². The highest BCUT2D eigenvalue weighted by molar-refractivity contribution is 7.91. The summed E-state index contributed by atoms with van der Waals surface area (Å²) in [6.07, 6.45) is 4.18. The summed E-state index contributed by atoms with van der Waals surface area (Å²) >= 11 is 0. The Morgan fingerprint density at radius 2 is 2.12 bits per heavy atom. The van der Waals surface area contributed by atoms with E-state index in [1.807, 2.05) is 19.1 Å². The normalized spacial score (nSPS) is 28.1. The fourth-order valence-corrected chi connectivity index (χ4v) is 4.09. The standard InChI is InChI=1S/C11H16N2O2S/c1-11(4-7-16(14,15)9-11)13-8-10-2-5-12-6-3-10/h2-3,5-6,13H,4,7-9H2,1H3. The van der Waals surface area contributed by atoms with Crippen LogP contribution in [-0.2, 0) is 16.4 Å². The highest BCUT2D eigenvalue weighted by Crippen LogP contribution is 2.23. The van der Waals surface area contributed by atoms with Gasteiger partial charge in [0.15, 0.2) is 9.84 Å². The molecule has 16 heavy (non-hydrogen) atoms. The number of nitrogens with zero attached hydrogens (tertiary/aromatic N) is 1. The first kappa shape index (κ1) is 11.5. The van der Waals surface area contributed by atoms with E-state index in [-0.39, 0.29) is 11.3 Å². The smallest absolute Gasteiger partial charge is 0.152 e. The highest BCUT2D eigenvalue weighted by Gasteiger charge is 2.37. The van der Waals surface area contributed by atoms with Gasteiger partial charge in [0.1, 0.15) is 0 Å². The van der Waals surface area contributed by atoms with E-state index in [2.05, 4.69) is 10.3 Å². The van der Waals surface area contributed by atoms with Crippen molar-refractivity contribution in [1.29, 1.82) is 0 Å². The second kappa shape index (κ2) is 4.14. The van der Waals surface area contributed by atoms with Gasteiger partial charge in [-0.25, -0.2) is 8.42 Å². The molecule has 1 unspecified atom stereocenters. The van der Waals surface area contributed by atoms with E-state index in [1.54, 1.807) is 12.4 Å². The Kier molecular flexibility index (Phi) is 2.99. The SMILES string of the molecule is CC1(NCc2ccncc2)CCS(=O)(=O)C1. The Bertz CT molecular complexity index is 458. The molecule has 2 heterocycles. The van der Waals surface area contributed by atoms with Gasteiger partial charge in [0, 0.05) is 24.5 Å². The Hall–Kier alpha value is -0.940. The van der Waals surface area contributed by atoms with E-state index in [0.717, 1.165) is 5.56 Å². The zero-order valence-electron chi connectivity index (χ0n) is 9.31.